The minimum Gasteiger partial charge on any atom is -0.480 e. The molecule has 0 aromatic rings. The minimum atomic E-state index is -1.02. The summed E-state index contributed by atoms with van der Waals surface area (Å²) in [7, 11) is 0. The number of hydrogen-bond donors (Lipinski definition) is 1. The second-order valence-electron chi connectivity index (χ2n) is 4.36. The molecule has 2 rings (SSSR count). The molecule has 0 aromatic heterocycles. The third-order valence-electron chi connectivity index (χ3n) is 3.33. The van der Waals surface area contributed by atoms with E-state index in [0.717, 1.165) is 6.42 Å². The number of β-lactam (4-membered cyclic amide) rings is 1. The molecule has 2 fully saturated rings. The van der Waals surface area contributed by atoms with Crippen LogP contribution >= 0.6 is 0 Å². The molecule has 16 heavy (non-hydrogen) atoms. The van der Waals surface area contributed by atoms with Gasteiger partial charge in [-0.2, -0.15) is 0 Å². The molecule has 0 bridgehead atoms. The molecule has 2 aliphatic rings. The second kappa shape index (κ2) is 3.47. The van der Waals surface area contributed by atoms with Crippen molar-refractivity contribution in [2.75, 3.05) is 19.6 Å². The van der Waals surface area contributed by atoms with Crippen molar-refractivity contribution in [2.45, 2.75) is 25.3 Å². The average molecular weight is 226 g/mol. The van der Waals surface area contributed by atoms with Gasteiger partial charge in [0.2, 0.25) is 5.91 Å². The molecule has 0 radical (unpaired) electrons. The van der Waals surface area contributed by atoms with E-state index in [1.807, 2.05) is 0 Å². The van der Waals surface area contributed by atoms with Crippen LogP contribution in [0.1, 0.15) is 19.8 Å². The van der Waals surface area contributed by atoms with Gasteiger partial charge in [0.05, 0.1) is 6.54 Å². The van der Waals surface area contributed by atoms with E-state index in [1.54, 1.807) is 4.90 Å². The quantitative estimate of drug-likeness (QED) is 0.631. The summed E-state index contributed by atoms with van der Waals surface area (Å²) in [6, 6.07) is 0. The highest BCUT2D eigenvalue weighted by Gasteiger charge is 2.59. The molecule has 1 N–H and O–H groups in total. The summed E-state index contributed by atoms with van der Waals surface area (Å²) < 4.78 is 0. The SMILES string of the molecule is CC(=O)N1CCC[C@]12CN(CC(=O)O)C2=O. The van der Waals surface area contributed by atoms with E-state index in [1.165, 1.54) is 11.8 Å². The van der Waals surface area contributed by atoms with Crippen LogP contribution in [0, 0.1) is 0 Å². The van der Waals surface area contributed by atoms with Crippen LogP contribution < -0.4 is 0 Å². The van der Waals surface area contributed by atoms with Crippen LogP contribution in [-0.2, 0) is 14.4 Å². The van der Waals surface area contributed by atoms with E-state index in [0.29, 0.717) is 19.5 Å². The van der Waals surface area contributed by atoms with E-state index in [4.69, 9.17) is 5.11 Å². The summed E-state index contributed by atoms with van der Waals surface area (Å²) in [4.78, 5) is 36.6. The maximum atomic E-state index is 11.9. The molecule has 2 aliphatic heterocycles. The zero-order valence-corrected chi connectivity index (χ0v) is 9.10. The lowest BCUT2D eigenvalue weighted by molar-refractivity contribution is -0.170. The number of nitrogens with zero attached hydrogens (tertiary/aromatic N) is 2. The van der Waals surface area contributed by atoms with E-state index in [-0.39, 0.29) is 18.4 Å². The Morgan fingerprint density at radius 1 is 1.50 bits per heavy atom. The van der Waals surface area contributed by atoms with E-state index in [9.17, 15) is 14.4 Å². The summed E-state index contributed by atoms with van der Waals surface area (Å²) in [6.45, 7) is 2.13. The number of carbonyl (C=O) groups is 3. The lowest BCUT2D eigenvalue weighted by Gasteiger charge is -2.50. The Morgan fingerprint density at radius 2 is 2.19 bits per heavy atom. The molecule has 2 saturated heterocycles. The van der Waals surface area contributed by atoms with Gasteiger partial charge in [0.25, 0.3) is 5.91 Å². The summed E-state index contributed by atoms with van der Waals surface area (Å²) in [5.74, 6) is -1.35. The Bertz CT molecular complexity index is 368. The Morgan fingerprint density at radius 3 is 2.69 bits per heavy atom. The molecular weight excluding hydrogens is 212 g/mol. The van der Waals surface area contributed by atoms with Gasteiger partial charge in [-0.15, -0.1) is 0 Å². The molecule has 0 aliphatic carbocycles. The normalized spacial score (nSPS) is 28.4. The first kappa shape index (κ1) is 10.9. The Kier molecular flexibility index (Phi) is 2.36. The highest BCUT2D eigenvalue weighted by molar-refractivity contribution is 5.98. The predicted octanol–water partition coefficient (Wildman–Crippen LogP) is -0.706. The highest BCUT2D eigenvalue weighted by Crippen LogP contribution is 2.38. The van der Waals surface area contributed by atoms with Gasteiger partial charge >= 0.3 is 5.97 Å². The maximum Gasteiger partial charge on any atom is 0.323 e. The molecular formula is C10H14N2O4. The lowest BCUT2D eigenvalue weighted by atomic mass is 9.85. The van der Waals surface area contributed by atoms with Crippen molar-refractivity contribution in [2.24, 2.45) is 0 Å². The van der Waals surface area contributed by atoms with E-state index < -0.39 is 11.5 Å². The van der Waals surface area contributed by atoms with Crippen molar-refractivity contribution >= 4 is 17.8 Å². The topological polar surface area (TPSA) is 77.9 Å². The van der Waals surface area contributed by atoms with Crippen LogP contribution in [0.3, 0.4) is 0 Å². The van der Waals surface area contributed by atoms with E-state index in [2.05, 4.69) is 0 Å². The van der Waals surface area contributed by atoms with Gasteiger partial charge in [0, 0.05) is 13.5 Å². The van der Waals surface area contributed by atoms with Crippen LogP contribution in [0.15, 0.2) is 0 Å². The number of carbonyl (C=O) groups excluding carboxylic acids is 2. The van der Waals surface area contributed by atoms with Crippen LogP contribution in [0.2, 0.25) is 0 Å². The van der Waals surface area contributed by atoms with Crippen LogP contribution in [0.25, 0.3) is 0 Å². The largest absolute Gasteiger partial charge is 0.480 e. The first-order valence-corrected chi connectivity index (χ1v) is 5.27. The molecule has 1 atom stereocenters. The molecule has 0 saturated carbocycles. The lowest BCUT2D eigenvalue weighted by Crippen LogP contribution is -2.73. The summed E-state index contributed by atoms with van der Waals surface area (Å²) in [6.07, 6.45) is 1.47. The van der Waals surface area contributed by atoms with Gasteiger partial charge in [0.15, 0.2) is 0 Å². The van der Waals surface area contributed by atoms with Gasteiger partial charge in [-0.25, -0.2) is 0 Å². The molecule has 6 nitrogen and oxygen atoms in total. The number of amides is 2. The summed E-state index contributed by atoms with van der Waals surface area (Å²) in [5.41, 5.74) is -0.721. The average Bonchev–Trinajstić information content (AvgIpc) is 2.62. The number of hydrogen-bond acceptors (Lipinski definition) is 3. The van der Waals surface area contributed by atoms with Gasteiger partial charge < -0.3 is 14.9 Å². The predicted molar refractivity (Wildman–Crippen MR) is 53.6 cm³/mol. The second-order valence-corrected chi connectivity index (χ2v) is 4.36. The minimum absolute atomic E-state index is 0.110. The highest BCUT2D eigenvalue weighted by atomic mass is 16.4. The first-order valence-electron chi connectivity index (χ1n) is 5.27. The van der Waals surface area contributed by atoms with Crippen molar-refractivity contribution in [1.29, 1.82) is 0 Å². The number of aliphatic carboxylic acids is 1. The zero-order valence-electron chi connectivity index (χ0n) is 9.10. The number of carboxylic acid groups (broad SMARTS) is 1. The van der Waals surface area contributed by atoms with Gasteiger partial charge in [-0.05, 0) is 12.8 Å². The molecule has 2 amide bonds. The summed E-state index contributed by atoms with van der Waals surface area (Å²) >= 11 is 0. The van der Waals surface area contributed by atoms with Crippen molar-refractivity contribution in [3.05, 3.63) is 0 Å². The fourth-order valence-corrected chi connectivity index (χ4v) is 2.67. The molecule has 0 unspecified atom stereocenters. The maximum absolute atomic E-state index is 11.9. The zero-order chi connectivity index (χ0) is 11.9. The summed E-state index contributed by atoms with van der Waals surface area (Å²) in [5, 5.41) is 8.60. The molecule has 88 valence electrons. The standard InChI is InChI=1S/C10H14N2O4/c1-7(13)12-4-2-3-10(12)6-11(9(10)16)5-8(14)15/h2-6H2,1H3,(H,14,15)/t10-/m1/s1. The number of carboxylic acids is 1. The van der Waals surface area contributed by atoms with E-state index >= 15 is 0 Å². The third-order valence-corrected chi connectivity index (χ3v) is 3.33. The van der Waals surface area contributed by atoms with Crippen molar-refractivity contribution < 1.29 is 19.5 Å². The smallest absolute Gasteiger partial charge is 0.323 e. The molecule has 2 heterocycles. The first-order chi connectivity index (χ1) is 7.47. The Hall–Kier alpha value is -1.59. The fourth-order valence-electron chi connectivity index (χ4n) is 2.67. The fraction of sp³-hybridized carbons (Fsp3) is 0.700. The molecule has 0 aromatic carbocycles. The van der Waals surface area contributed by atoms with Crippen molar-refractivity contribution in [3.8, 4) is 0 Å². The van der Waals surface area contributed by atoms with Crippen LogP contribution in [0.5, 0.6) is 0 Å². The Labute approximate surface area is 92.8 Å². The monoisotopic (exact) mass is 226 g/mol. The third kappa shape index (κ3) is 1.36. The van der Waals surface area contributed by atoms with Gasteiger partial charge in [0.1, 0.15) is 12.1 Å². The van der Waals surface area contributed by atoms with Crippen molar-refractivity contribution in [3.63, 3.8) is 0 Å². The van der Waals surface area contributed by atoms with Crippen LogP contribution in [0.4, 0.5) is 0 Å². The number of likely N-dealkylation sites (tertiary alicyclic amines) is 2. The Balaban J connectivity index is 2.10. The van der Waals surface area contributed by atoms with Gasteiger partial charge in [-0.1, -0.05) is 0 Å². The number of rotatable bonds is 2. The molecule has 1 spiro atoms. The van der Waals surface area contributed by atoms with Crippen molar-refractivity contribution in [1.82, 2.24) is 9.80 Å². The van der Waals surface area contributed by atoms with Crippen LogP contribution in [-0.4, -0.2) is 57.9 Å². The van der Waals surface area contributed by atoms with Gasteiger partial charge in [-0.3, -0.25) is 14.4 Å². The molecule has 6 heteroatoms.